The Balaban J connectivity index is 1.64. The molecule has 154 valence electrons. The van der Waals surface area contributed by atoms with Gasteiger partial charge in [-0.1, -0.05) is 0 Å². The lowest BCUT2D eigenvalue weighted by Gasteiger charge is -2.08. The molecule has 0 saturated heterocycles. The lowest BCUT2D eigenvalue weighted by Crippen LogP contribution is -2.24. The topological polar surface area (TPSA) is 145 Å². The Hall–Kier alpha value is -4.28. The summed E-state index contributed by atoms with van der Waals surface area (Å²) < 4.78 is 9.73. The van der Waals surface area contributed by atoms with Crippen LogP contribution >= 0.6 is 0 Å². The van der Waals surface area contributed by atoms with Gasteiger partial charge in [-0.25, -0.2) is 4.79 Å². The first-order valence-corrected chi connectivity index (χ1v) is 8.48. The molecule has 3 rings (SSSR count). The smallest absolute Gasteiger partial charge is 0.338 e. The van der Waals surface area contributed by atoms with E-state index in [2.05, 4.69) is 5.32 Å². The number of hydrogen-bond acceptors (Lipinski definition) is 8. The standard InChI is InChI=1S/C19H15N3O8/c1-21-17(24)12-5-4-11(8-13(12)18(21)25)20-16(23)9-30-19(26)10-3-6-15(29-2)14(7-10)22(27)28/h3-8H,9H2,1-2H3,(H,20,23). The molecular weight excluding hydrogens is 398 g/mol. The van der Waals surface area contributed by atoms with Crippen molar-refractivity contribution >= 4 is 35.1 Å². The number of amides is 3. The van der Waals surface area contributed by atoms with E-state index in [-0.39, 0.29) is 28.1 Å². The van der Waals surface area contributed by atoms with Gasteiger partial charge in [-0.15, -0.1) is 0 Å². The van der Waals surface area contributed by atoms with Crippen LogP contribution in [0.15, 0.2) is 36.4 Å². The molecule has 0 unspecified atom stereocenters. The van der Waals surface area contributed by atoms with E-state index in [0.717, 1.165) is 11.0 Å². The second-order valence-electron chi connectivity index (χ2n) is 6.20. The third-order valence-corrected chi connectivity index (χ3v) is 4.32. The Morgan fingerprint density at radius 1 is 1.10 bits per heavy atom. The van der Waals surface area contributed by atoms with Crippen molar-refractivity contribution in [3.63, 3.8) is 0 Å². The fraction of sp³-hybridized carbons (Fsp3) is 0.158. The van der Waals surface area contributed by atoms with Crippen LogP contribution in [0.25, 0.3) is 0 Å². The van der Waals surface area contributed by atoms with Crippen LogP contribution in [0, 0.1) is 10.1 Å². The molecule has 0 radical (unpaired) electrons. The molecule has 0 saturated carbocycles. The van der Waals surface area contributed by atoms with Crippen molar-refractivity contribution in [1.29, 1.82) is 0 Å². The van der Waals surface area contributed by atoms with Gasteiger partial charge in [-0.05, 0) is 30.3 Å². The van der Waals surface area contributed by atoms with Gasteiger partial charge in [-0.2, -0.15) is 0 Å². The number of carbonyl (C=O) groups is 4. The van der Waals surface area contributed by atoms with Gasteiger partial charge in [0.2, 0.25) is 0 Å². The maximum absolute atomic E-state index is 12.1. The number of esters is 1. The highest BCUT2D eigenvalue weighted by molar-refractivity contribution is 6.21. The molecule has 0 spiro atoms. The quantitative estimate of drug-likeness (QED) is 0.325. The molecule has 1 heterocycles. The molecule has 3 amide bonds. The van der Waals surface area contributed by atoms with E-state index in [4.69, 9.17) is 9.47 Å². The van der Waals surface area contributed by atoms with E-state index in [1.54, 1.807) is 0 Å². The van der Waals surface area contributed by atoms with Crippen LogP contribution in [-0.2, 0) is 9.53 Å². The predicted molar refractivity (Wildman–Crippen MR) is 101 cm³/mol. The van der Waals surface area contributed by atoms with E-state index >= 15 is 0 Å². The number of imide groups is 1. The number of anilines is 1. The summed E-state index contributed by atoms with van der Waals surface area (Å²) in [5.41, 5.74) is 0.0842. The van der Waals surface area contributed by atoms with Gasteiger partial charge in [0.1, 0.15) is 0 Å². The molecule has 1 N–H and O–H groups in total. The maximum Gasteiger partial charge on any atom is 0.338 e. The molecule has 11 nitrogen and oxygen atoms in total. The summed E-state index contributed by atoms with van der Waals surface area (Å²) in [6.07, 6.45) is 0. The Labute approximate surface area is 169 Å². The fourth-order valence-corrected chi connectivity index (χ4v) is 2.81. The van der Waals surface area contributed by atoms with E-state index in [1.807, 2.05) is 0 Å². The number of nitro benzene ring substituents is 1. The maximum atomic E-state index is 12.1. The van der Waals surface area contributed by atoms with Gasteiger partial charge < -0.3 is 14.8 Å². The number of rotatable bonds is 6. The van der Waals surface area contributed by atoms with Crippen molar-refractivity contribution in [2.45, 2.75) is 0 Å². The van der Waals surface area contributed by atoms with E-state index in [9.17, 15) is 29.3 Å². The minimum absolute atomic E-state index is 0.0235. The first kappa shape index (κ1) is 20.5. The summed E-state index contributed by atoms with van der Waals surface area (Å²) in [5, 5.41) is 13.5. The number of nitro groups is 1. The van der Waals surface area contributed by atoms with Crippen LogP contribution in [0.4, 0.5) is 11.4 Å². The lowest BCUT2D eigenvalue weighted by atomic mass is 10.1. The minimum Gasteiger partial charge on any atom is -0.490 e. The van der Waals surface area contributed by atoms with Crippen molar-refractivity contribution in [2.75, 3.05) is 26.1 Å². The zero-order valence-corrected chi connectivity index (χ0v) is 15.8. The van der Waals surface area contributed by atoms with Crippen LogP contribution in [0.5, 0.6) is 5.75 Å². The summed E-state index contributed by atoms with van der Waals surface area (Å²) in [4.78, 5) is 59.3. The third-order valence-electron chi connectivity index (χ3n) is 4.32. The number of nitrogens with one attached hydrogen (secondary N) is 1. The molecule has 0 aromatic heterocycles. The molecule has 30 heavy (non-hydrogen) atoms. The van der Waals surface area contributed by atoms with E-state index in [1.165, 1.54) is 44.5 Å². The summed E-state index contributed by atoms with van der Waals surface area (Å²) in [6.45, 7) is -0.664. The number of benzene rings is 2. The monoisotopic (exact) mass is 413 g/mol. The van der Waals surface area contributed by atoms with Gasteiger partial charge >= 0.3 is 11.7 Å². The molecule has 1 aliphatic rings. The fourth-order valence-electron chi connectivity index (χ4n) is 2.81. The Morgan fingerprint density at radius 3 is 2.47 bits per heavy atom. The predicted octanol–water partition coefficient (Wildman–Crippen LogP) is 1.62. The second kappa shape index (κ2) is 7.99. The molecule has 2 aromatic carbocycles. The van der Waals surface area contributed by atoms with Crippen molar-refractivity contribution < 1.29 is 33.6 Å². The second-order valence-corrected chi connectivity index (χ2v) is 6.20. The summed E-state index contributed by atoms with van der Waals surface area (Å²) in [7, 11) is 2.61. The van der Waals surface area contributed by atoms with Crippen LogP contribution in [0.2, 0.25) is 0 Å². The highest BCUT2D eigenvalue weighted by Gasteiger charge is 2.32. The molecule has 0 bridgehead atoms. The SMILES string of the molecule is COc1ccc(C(=O)OCC(=O)Nc2ccc3c(c2)C(=O)N(C)C3=O)cc1[N+](=O)[O-]. The molecule has 11 heteroatoms. The third kappa shape index (κ3) is 3.81. The highest BCUT2D eigenvalue weighted by Crippen LogP contribution is 2.28. The molecule has 2 aromatic rings. The van der Waals surface area contributed by atoms with Gasteiger partial charge in [0.15, 0.2) is 12.4 Å². The Kier molecular flexibility index (Phi) is 5.45. The normalized spacial score (nSPS) is 12.4. The number of carbonyl (C=O) groups excluding carboxylic acids is 4. The van der Waals surface area contributed by atoms with Crippen molar-refractivity contribution in [3.05, 3.63) is 63.2 Å². The first-order chi connectivity index (χ1) is 14.2. The van der Waals surface area contributed by atoms with Gasteiger partial charge in [0, 0.05) is 18.8 Å². The van der Waals surface area contributed by atoms with Gasteiger partial charge in [-0.3, -0.25) is 29.4 Å². The largest absolute Gasteiger partial charge is 0.490 e. The molecule has 0 aliphatic carbocycles. The molecule has 0 atom stereocenters. The lowest BCUT2D eigenvalue weighted by molar-refractivity contribution is -0.385. The van der Waals surface area contributed by atoms with Crippen LogP contribution in [0.3, 0.4) is 0 Å². The summed E-state index contributed by atoms with van der Waals surface area (Å²) in [5.74, 6) is -2.58. The van der Waals surface area contributed by atoms with Crippen molar-refractivity contribution in [1.82, 2.24) is 4.90 Å². The highest BCUT2D eigenvalue weighted by atomic mass is 16.6. The van der Waals surface area contributed by atoms with E-state index < -0.39 is 40.9 Å². The number of ether oxygens (including phenoxy) is 2. The molecule has 1 aliphatic heterocycles. The Bertz CT molecular complexity index is 1100. The number of methoxy groups -OCH3 is 1. The number of fused-ring (bicyclic) bond motifs is 1. The first-order valence-electron chi connectivity index (χ1n) is 8.48. The van der Waals surface area contributed by atoms with Crippen molar-refractivity contribution in [2.24, 2.45) is 0 Å². The molecular formula is C19H15N3O8. The van der Waals surface area contributed by atoms with Crippen LogP contribution in [-0.4, -0.2) is 54.3 Å². The number of hydrogen-bond donors (Lipinski definition) is 1. The number of nitrogens with zero attached hydrogens (tertiary/aromatic N) is 2. The minimum atomic E-state index is -0.938. The van der Waals surface area contributed by atoms with Crippen molar-refractivity contribution in [3.8, 4) is 5.75 Å². The summed E-state index contributed by atoms with van der Waals surface area (Å²) in [6, 6.07) is 7.71. The Morgan fingerprint density at radius 2 is 1.80 bits per heavy atom. The van der Waals surface area contributed by atoms with Gasteiger partial charge in [0.05, 0.1) is 28.7 Å². The zero-order chi connectivity index (χ0) is 22.0. The van der Waals surface area contributed by atoms with E-state index in [0.29, 0.717) is 0 Å². The van der Waals surface area contributed by atoms with Gasteiger partial charge in [0.25, 0.3) is 17.7 Å². The average molecular weight is 413 g/mol. The molecule has 0 fully saturated rings. The van der Waals surface area contributed by atoms with Crippen LogP contribution < -0.4 is 10.1 Å². The zero-order valence-electron chi connectivity index (χ0n) is 15.8. The summed E-state index contributed by atoms with van der Waals surface area (Å²) >= 11 is 0. The average Bonchev–Trinajstić information content (AvgIpc) is 2.95. The van der Waals surface area contributed by atoms with Crippen LogP contribution in [0.1, 0.15) is 31.1 Å².